The predicted octanol–water partition coefficient (Wildman–Crippen LogP) is 7.90. The number of ether oxygens (including phenoxy) is 1. The van der Waals surface area contributed by atoms with Gasteiger partial charge < -0.3 is 15.2 Å². The molecule has 0 fully saturated rings. The summed E-state index contributed by atoms with van der Waals surface area (Å²) in [4.78, 5) is 28.9. The first-order valence-electron chi connectivity index (χ1n) is 13.7. The van der Waals surface area contributed by atoms with Crippen LogP contribution in [0.3, 0.4) is 0 Å². The number of alkyl halides is 3. The summed E-state index contributed by atoms with van der Waals surface area (Å²) in [5.41, 5.74) is -4.68. The van der Waals surface area contributed by atoms with E-state index < -0.39 is 46.5 Å². The molecular formula is C34H22ClF5N2O4. The lowest BCUT2D eigenvalue weighted by atomic mass is 9.89. The van der Waals surface area contributed by atoms with E-state index in [9.17, 15) is 36.6 Å². The number of hydrogen-bond donors (Lipinski definition) is 2. The Hall–Kier alpha value is -5.00. The molecule has 5 aromatic rings. The molecular weight excluding hydrogens is 631 g/mol. The van der Waals surface area contributed by atoms with Crippen LogP contribution >= 0.6 is 11.6 Å². The number of carbonyl (C=O) groups excluding carboxylic acids is 2. The summed E-state index contributed by atoms with van der Waals surface area (Å²) < 4.78 is 74.5. The Morgan fingerprint density at radius 1 is 0.957 bits per heavy atom. The van der Waals surface area contributed by atoms with Crippen molar-refractivity contribution < 1.29 is 41.4 Å². The lowest BCUT2D eigenvalue weighted by Crippen LogP contribution is -2.44. The number of fused-ring (bicyclic) bond motifs is 3. The molecule has 1 heterocycles. The van der Waals surface area contributed by atoms with E-state index in [1.54, 1.807) is 48.5 Å². The Morgan fingerprint density at radius 3 is 2.37 bits per heavy atom. The number of aliphatic hydroxyl groups is 1. The Labute approximate surface area is 263 Å². The van der Waals surface area contributed by atoms with Gasteiger partial charge in [0.25, 0.3) is 11.8 Å². The van der Waals surface area contributed by atoms with E-state index in [0.29, 0.717) is 34.2 Å². The van der Waals surface area contributed by atoms with Crippen LogP contribution < -0.4 is 10.1 Å². The summed E-state index contributed by atoms with van der Waals surface area (Å²) in [6.07, 6.45) is -4.94. The summed E-state index contributed by atoms with van der Waals surface area (Å²) in [7, 11) is 1.48. The highest BCUT2D eigenvalue weighted by molar-refractivity contribution is 6.31. The molecule has 0 saturated carbocycles. The fraction of sp³-hybridized carbons (Fsp3) is 0.118. The minimum absolute atomic E-state index is 0.0556. The third kappa shape index (κ3) is 5.31. The van der Waals surface area contributed by atoms with E-state index in [1.807, 2.05) is 0 Å². The molecule has 1 unspecified atom stereocenters. The first kappa shape index (κ1) is 31.0. The molecule has 6 rings (SSSR count). The van der Waals surface area contributed by atoms with Crippen LogP contribution in [0.1, 0.15) is 43.0 Å². The number of rotatable bonds is 6. The normalized spacial score (nSPS) is 16.1. The van der Waals surface area contributed by atoms with Crippen LogP contribution in [-0.2, 0) is 18.4 Å². The fourth-order valence-corrected chi connectivity index (χ4v) is 5.92. The Balaban J connectivity index is 1.58. The van der Waals surface area contributed by atoms with Gasteiger partial charge in [-0.25, -0.2) is 8.78 Å². The van der Waals surface area contributed by atoms with Gasteiger partial charge in [0, 0.05) is 28.3 Å². The minimum atomic E-state index is -4.94. The lowest BCUT2D eigenvalue weighted by Gasteiger charge is -2.36. The number of hydrogen-bond acceptors (Lipinski definition) is 4. The molecule has 12 heteroatoms. The molecule has 1 aliphatic rings. The molecule has 2 amide bonds. The molecule has 0 aromatic heterocycles. The minimum Gasteiger partial charge on any atom is -0.497 e. The predicted molar refractivity (Wildman–Crippen MR) is 161 cm³/mol. The number of nitrogens with one attached hydrogen (secondary N) is 1. The number of anilines is 1. The van der Waals surface area contributed by atoms with E-state index in [4.69, 9.17) is 16.3 Å². The zero-order valence-corrected chi connectivity index (χ0v) is 24.5. The Morgan fingerprint density at radius 2 is 1.67 bits per heavy atom. The number of halogens is 6. The first-order valence-corrected chi connectivity index (χ1v) is 14.1. The van der Waals surface area contributed by atoms with Crippen molar-refractivity contribution in [2.45, 2.75) is 18.4 Å². The van der Waals surface area contributed by atoms with Crippen LogP contribution in [0.2, 0.25) is 5.02 Å². The molecule has 234 valence electrons. The van der Waals surface area contributed by atoms with Crippen molar-refractivity contribution in [3.8, 4) is 5.75 Å². The van der Waals surface area contributed by atoms with E-state index in [-0.39, 0.29) is 40.0 Å². The van der Waals surface area contributed by atoms with Crippen LogP contribution in [0.5, 0.6) is 5.75 Å². The third-order valence-corrected chi connectivity index (χ3v) is 8.12. The summed E-state index contributed by atoms with van der Waals surface area (Å²) in [6, 6.07) is 19.2. The maximum Gasteiger partial charge on any atom is 0.416 e. The van der Waals surface area contributed by atoms with Crippen LogP contribution in [0.25, 0.3) is 10.8 Å². The molecule has 0 saturated heterocycles. The average molecular weight is 653 g/mol. The Kier molecular flexibility index (Phi) is 7.69. The molecule has 0 bridgehead atoms. The zero-order chi connectivity index (χ0) is 33.0. The molecule has 1 aliphatic heterocycles. The zero-order valence-electron chi connectivity index (χ0n) is 23.8. The quantitative estimate of drug-likeness (QED) is 0.183. The van der Waals surface area contributed by atoms with Gasteiger partial charge in [0.1, 0.15) is 17.4 Å². The third-order valence-electron chi connectivity index (χ3n) is 7.79. The monoisotopic (exact) mass is 652 g/mol. The van der Waals surface area contributed by atoms with Crippen molar-refractivity contribution in [1.29, 1.82) is 0 Å². The van der Waals surface area contributed by atoms with Gasteiger partial charge in [-0.1, -0.05) is 48.0 Å². The largest absolute Gasteiger partial charge is 0.497 e. The lowest BCUT2D eigenvalue weighted by molar-refractivity contribution is -0.137. The molecule has 2 N–H and O–H groups in total. The summed E-state index contributed by atoms with van der Waals surface area (Å²) in [5, 5.41) is 15.9. The number of methoxy groups -OCH3 is 1. The highest BCUT2D eigenvalue weighted by atomic mass is 35.5. The topological polar surface area (TPSA) is 78.9 Å². The standard InChI is InChI=1S/C34H22ClF5N2O4/c1-46-24-9-6-18(7-10-24)17-42-32(44)29-25-5-3-2-4-19(25)14-28(30(29)33(42,45)26-16-22(36)8-11-27(26)35)41-31(43)20-12-21(34(38,39)40)15-23(37)13-20/h2-16,45H,17H2,1H3,(H,41,43). The van der Waals surface area contributed by atoms with Gasteiger partial charge in [0.15, 0.2) is 5.72 Å². The first-order chi connectivity index (χ1) is 21.8. The average Bonchev–Trinajstić information content (AvgIpc) is 3.25. The fourth-order valence-electron chi connectivity index (χ4n) is 5.67. The maximum atomic E-state index is 14.8. The van der Waals surface area contributed by atoms with Crippen molar-refractivity contribution in [3.63, 3.8) is 0 Å². The van der Waals surface area contributed by atoms with E-state index >= 15 is 0 Å². The van der Waals surface area contributed by atoms with Crippen molar-refractivity contribution in [2.24, 2.45) is 0 Å². The van der Waals surface area contributed by atoms with Crippen LogP contribution in [-0.4, -0.2) is 28.9 Å². The number of carbonyl (C=O) groups is 2. The number of benzene rings is 5. The van der Waals surface area contributed by atoms with Crippen LogP contribution in [0, 0.1) is 11.6 Å². The van der Waals surface area contributed by atoms with Crippen molar-refractivity contribution >= 4 is 39.9 Å². The highest BCUT2D eigenvalue weighted by Gasteiger charge is 2.53. The second-order valence-corrected chi connectivity index (χ2v) is 11.0. The summed E-state index contributed by atoms with van der Waals surface area (Å²) in [5.74, 6) is -3.41. The van der Waals surface area contributed by atoms with Crippen LogP contribution in [0.4, 0.5) is 27.6 Å². The van der Waals surface area contributed by atoms with Gasteiger partial charge in [0.05, 0.1) is 23.9 Å². The molecule has 5 aromatic carbocycles. The molecule has 1 atom stereocenters. The van der Waals surface area contributed by atoms with Crippen LogP contribution in [0.15, 0.2) is 91.0 Å². The molecule has 0 aliphatic carbocycles. The molecule has 6 nitrogen and oxygen atoms in total. The van der Waals surface area contributed by atoms with Crippen molar-refractivity contribution in [1.82, 2.24) is 4.90 Å². The van der Waals surface area contributed by atoms with Gasteiger partial charge in [0.2, 0.25) is 0 Å². The number of amides is 2. The second kappa shape index (κ2) is 11.4. The summed E-state index contributed by atoms with van der Waals surface area (Å²) >= 11 is 6.52. The van der Waals surface area contributed by atoms with Gasteiger partial charge in [-0.3, -0.25) is 14.5 Å². The van der Waals surface area contributed by atoms with E-state index in [1.165, 1.54) is 19.2 Å². The van der Waals surface area contributed by atoms with Gasteiger partial charge in [-0.15, -0.1) is 0 Å². The maximum absolute atomic E-state index is 14.8. The highest BCUT2D eigenvalue weighted by Crippen LogP contribution is 2.51. The van der Waals surface area contributed by atoms with Crippen molar-refractivity contribution in [3.05, 3.63) is 141 Å². The van der Waals surface area contributed by atoms with Gasteiger partial charge >= 0.3 is 6.18 Å². The van der Waals surface area contributed by atoms with Gasteiger partial charge in [-0.2, -0.15) is 13.2 Å². The van der Waals surface area contributed by atoms with E-state index in [0.717, 1.165) is 17.0 Å². The molecule has 46 heavy (non-hydrogen) atoms. The molecule has 0 spiro atoms. The van der Waals surface area contributed by atoms with E-state index in [2.05, 4.69) is 5.32 Å². The second-order valence-electron chi connectivity index (χ2n) is 10.6. The smallest absolute Gasteiger partial charge is 0.416 e. The molecule has 0 radical (unpaired) electrons. The van der Waals surface area contributed by atoms with Crippen molar-refractivity contribution in [2.75, 3.05) is 12.4 Å². The Bertz CT molecular complexity index is 2030. The summed E-state index contributed by atoms with van der Waals surface area (Å²) in [6.45, 7) is -0.221. The SMILES string of the molecule is COc1ccc(CN2C(=O)c3c(c(NC(=O)c4cc(F)cc(C(F)(F)F)c4)cc4ccccc34)C2(O)c2cc(F)ccc2Cl)cc1. The number of nitrogens with zero attached hydrogens (tertiary/aromatic N) is 1. The van der Waals surface area contributed by atoms with Gasteiger partial charge in [-0.05, 0) is 70.9 Å².